The maximum Gasteiger partial charge on any atom is 0.170 e. The molecule has 0 bridgehead atoms. The lowest BCUT2D eigenvalue weighted by molar-refractivity contribution is 0.269. The molecule has 2 aromatic carbocycles. The highest BCUT2D eigenvalue weighted by Gasteiger charge is 2.41. The zero-order valence-electron chi connectivity index (χ0n) is 18.9. The van der Waals surface area contributed by atoms with Crippen LogP contribution in [0.1, 0.15) is 34.7 Å². The number of nitrogens with zero attached hydrogens (tertiary/aromatic N) is 2. The van der Waals surface area contributed by atoms with E-state index in [4.69, 9.17) is 33.0 Å². The highest BCUT2D eigenvalue weighted by atomic mass is 35.5. The molecule has 2 atom stereocenters. The third-order valence-corrected chi connectivity index (χ3v) is 6.84. The highest BCUT2D eigenvalue weighted by molar-refractivity contribution is 7.80. The van der Waals surface area contributed by atoms with Gasteiger partial charge in [0.15, 0.2) is 5.11 Å². The first-order chi connectivity index (χ1) is 16.5. The number of hydrogen-bond acceptors (Lipinski definition) is 4. The Morgan fingerprint density at radius 2 is 1.91 bits per heavy atom. The first kappa shape index (κ1) is 22.4. The van der Waals surface area contributed by atoms with Gasteiger partial charge < -0.3 is 19.4 Å². The summed E-state index contributed by atoms with van der Waals surface area (Å²) in [5, 5.41) is 4.84. The number of aromatic nitrogens is 1. The summed E-state index contributed by atoms with van der Waals surface area (Å²) in [5.74, 6) is 2.39. The van der Waals surface area contributed by atoms with Gasteiger partial charge in [-0.25, -0.2) is 0 Å². The van der Waals surface area contributed by atoms with Crippen molar-refractivity contribution in [2.24, 2.45) is 0 Å². The quantitative estimate of drug-likeness (QED) is 0.312. The molecule has 0 aliphatic carbocycles. The monoisotopic (exact) mass is 489 g/mol. The van der Waals surface area contributed by atoms with Crippen LogP contribution >= 0.6 is 23.8 Å². The molecule has 34 heavy (non-hydrogen) atoms. The minimum Gasteiger partial charge on any atom is -0.497 e. The van der Waals surface area contributed by atoms with Gasteiger partial charge in [-0.1, -0.05) is 41.9 Å². The van der Waals surface area contributed by atoms with Crippen LogP contribution in [0.15, 0.2) is 83.4 Å². The third-order valence-electron chi connectivity index (χ3n) is 6.08. The van der Waals surface area contributed by atoms with Crippen LogP contribution in [0.5, 0.6) is 5.75 Å². The molecule has 2 aromatic heterocycles. The van der Waals surface area contributed by atoms with Crippen LogP contribution in [0.4, 0.5) is 0 Å². The summed E-state index contributed by atoms with van der Waals surface area (Å²) < 4.78 is 11.7. The zero-order chi connectivity index (χ0) is 23.7. The van der Waals surface area contributed by atoms with Crippen molar-refractivity contribution in [3.8, 4) is 17.1 Å². The Labute approximate surface area is 209 Å². The van der Waals surface area contributed by atoms with E-state index in [9.17, 15) is 0 Å². The summed E-state index contributed by atoms with van der Waals surface area (Å²) in [6.45, 7) is 2.61. The molecular formula is C27H24ClN3O2S. The minimum absolute atomic E-state index is 0.146. The van der Waals surface area contributed by atoms with E-state index in [0.717, 1.165) is 39.7 Å². The van der Waals surface area contributed by atoms with Gasteiger partial charge in [0.1, 0.15) is 23.3 Å². The number of aryl methyl sites for hydroxylation is 1. The molecule has 0 saturated carbocycles. The molecule has 5 rings (SSSR count). The molecule has 1 aliphatic rings. The smallest absolute Gasteiger partial charge is 0.170 e. The lowest BCUT2D eigenvalue weighted by Crippen LogP contribution is -2.29. The van der Waals surface area contributed by atoms with Gasteiger partial charge in [0.25, 0.3) is 0 Å². The van der Waals surface area contributed by atoms with Crippen molar-refractivity contribution < 1.29 is 9.15 Å². The van der Waals surface area contributed by atoms with Crippen LogP contribution in [-0.4, -0.2) is 22.1 Å². The molecule has 3 heterocycles. The minimum atomic E-state index is -0.167. The largest absolute Gasteiger partial charge is 0.497 e. The Hall–Kier alpha value is -3.35. The molecule has 4 aromatic rings. The van der Waals surface area contributed by atoms with E-state index >= 15 is 0 Å². The van der Waals surface area contributed by atoms with E-state index in [1.54, 1.807) is 13.3 Å². The predicted octanol–water partition coefficient (Wildman–Crippen LogP) is 6.48. The molecule has 0 unspecified atom stereocenters. The van der Waals surface area contributed by atoms with Crippen molar-refractivity contribution in [1.29, 1.82) is 0 Å². The molecule has 1 N–H and O–H groups in total. The highest BCUT2D eigenvalue weighted by Crippen LogP contribution is 2.41. The fourth-order valence-corrected chi connectivity index (χ4v) is 4.71. The second-order valence-electron chi connectivity index (χ2n) is 8.27. The number of furan rings is 1. The molecule has 172 valence electrons. The summed E-state index contributed by atoms with van der Waals surface area (Å²) >= 11 is 12.1. The fraction of sp³-hybridized carbons (Fsp3) is 0.185. The second kappa shape index (κ2) is 9.49. The van der Waals surface area contributed by atoms with E-state index in [-0.39, 0.29) is 12.1 Å². The molecule has 0 spiro atoms. The van der Waals surface area contributed by atoms with Crippen molar-refractivity contribution in [3.05, 3.63) is 107 Å². The lowest BCUT2D eigenvalue weighted by atomic mass is 10.0. The van der Waals surface area contributed by atoms with Crippen molar-refractivity contribution in [2.75, 3.05) is 7.11 Å². The second-order valence-corrected chi connectivity index (χ2v) is 9.06. The molecule has 7 heteroatoms. The van der Waals surface area contributed by atoms with E-state index in [1.807, 2.05) is 67.6 Å². The van der Waals surface area contributed by atoms with Gasteiger partial charge in [-0.15, -0.1) is 0 Å². The molecule has 1 aliphatic heterocycles. The van der Waals surface area contributed by atoms with Crippen LogP contribution in [0, 0.1) is 6.92 Å². The Kier molecular flexibility index (Phi) is 6.26. The van der Waals surface area contributed by atoms with Crippen LogP contribution < -0.4 is 10.1 Å². The van der Waals surface area contributed by atoms with Crippen molar-refractivity contribution in [2.45, 2.75) is 25.6 Å². The predicted molar refractivity (Wildman–Crippen MR) is 138 cm³/mol. The Morgan fingerprint density at radius 3 is 2.62 bits per heavy atom. The molecule has 1 saturated heterocycles. The lowest BCUT2D eigenvalue weighted by Gasteiger charge is -2.26. The molecule has 0 radical (unpaired) electrons. The summed E-state index contributed by atoms with van der Waals surface area (Å²) in [6.07, 6.45) is 1.80. The fourth-order valence-electron chi connectivity index (χ4n) is 4.23. The number of ether oxygens (including phenoxy) is 1. The normalized spacial score (nSPS) is 17.6. The average Bonchev–Trinajstić information content (AvgIpc) is 3.47. The molecule has 5 nitrogen and oxygen atoms in total. The van der Waals surface area contributed by atoms with Crippen LogP contribution in [-0.2, 0) is 6.54 Å². The number of halogens is 1. The third kappa shape index (κ3) is 4.39. The number of pyridine rings is 1. The number of rotatable bonds is 6. The summed E-state index contributed by atoms with van der Waals surface area (Å²) in [6, 6.07) is 23.6. The first-order valence-electron chi connectivity index (χ1n) is 11.0. The van der Waals surface area contributed by atoms with Gasteiger partial charge >= 0.3 is 0 Å². The number of hydrogen-bond donors (Lipinski definition) is 1. The van der Waals surface area contributed by atoms with Gasteiger partial charge in [0.2, 0.25) is 0 Å². The van der Waals surface area contributed by atoms with Gasteiger partial charge in [-0.05, 0) is 72.7 Å². The topological polar surface area (TPSA) is 50.5 Å². The average molecular weight is 490 g/mol. The van der Waals surface area contributed by atoms with E-state index < -0.39 is 0 Å². The van der Waals surface area contributed by atoms with E-state index in [0.29, 0.717) is 16.7 Å². The first-order valence-corrected chi connectivity index (χ1v) is 11.8. The van der Waals surface area contributed by atoms with Crippen LogP contribution in [0.3, 0.4) is 0 Å². The number of benzene rings is 2. The summed E-state index contributed by atoms with van der Waals surface area (Å²) in [5.41, 5.74) is 3.99. The summed E-state index contributed by atoms with van der Waals surface area (Å²) in [7, 11) is 1.66. The van der Waals surface area contributed by atoms with Crippen molar-refractivity contribution >= 4 is 28.9 Å². The molecule has 1 fully saturated rings. The van der Waals surface area contributed by atoms with Gasteiger partial charge in [-0.3, -0.25) is 4.98 Å². The van der Waals surface area contributed by atoms with E-state index in [2.05, 4.69) is 27.3 Å². The Bertz CT molecular complexity index is 1310. The van der Waals surface area contributed by atoms with Gasteiger partial charge in [-0.2, -0.15) is 0 Å². The van der Waals surface area contributed by atoms with Crippen LogP contribution in [0.25, 0.3) is 11.3 Å². The number of methoxy groups -OCH3 is 1. The van der Waals surface area contributed by atoms with Crippen LogP contribution in [0.2, 0.25) is 5.02 Å². The van der Waals surface area contributed by atoms with Gasteiger partial charge in [0.05, 0.1) is 18.8 Å². The van der Waals surface area contributed by atoms with Gasteiger partial charge in [0, 0.05) is 23.3 Å². The maximum atomic E-state index is 6.41. The van der Waals surface area contributed by atoms with Crippen molar-refractivity contribution in [1.82, 2.24) is 15.2 Å². The molecule has 0 amide bonds. The molecular weight excluding hydrogens is 466 g/mol. The standard InChI is InChI=1S/C27H24ClN3O2S/c1-17-6-9-19(15-21(17)28)23-12-13-24(33-23)26-25(22-5-3-4-14-29-22)30-27(34)31(26)16-18-7-10-20(32-2)11-8-18/h3-15,25-26H,16H2,1-2H3,(H,30,34)/t25-,26+/m0/s1. The number of nitrogens with one attached hydrogen (secondary N) is 1. The Morgan fingerprint density at radius 1 is 1.09 bits per heavy atom. The van der Waals surface area contributed by atoms with Crippen molar-refractivity contribution in [3.63, 3.8) is 0 Å². The van der Waals surface area contributed by atoms with E-state index in [1.165, 1.54) is 0 Å². The maximum absolute atomic E-state index is 6.41. The Balaban J connectivity index is 1.52. The SMILES string of the molecule is COc1ccc(CN2C(=S)N[C@@H](c3ccccn3)[C@H]2c2ccc(-c3ccc(C)c(Cl)c3)o2)cc1. The zero-order valence-corrected chi connectivity index (χ0v) is 20.4. The number of thiocarbonyl (C=S) groups is 1. The summed E-state index contributed by atoms with van der Waals surface area (Å²) in [4.78, 5) is 6.75.